The number of benzene rings is 2. The predicted molar refractivity (Wildman–Crippen MR) is 121 cm³/mol. The number of phenols is 1. The Balaban J connectivity index is 1.81. The van der Waals surface area contributed by atoms with Crippen molar-refractivity contribution in [1.29, 1.82) is 0 Å². The first kappa shape index (κ1) is 21.4. The van der Waals surface area contributed by atoms with Gasteiger partial charge in [0, 0.05) is 16.8 Å². The molecule has 0 amide bonds. The number of hydrogen-bond donors (Lipinski definition) is 2. The molecule has 0 radical (unpaired) electrons. The zero-order chi connectivity index (χ0) is 22.5. The molecule has 164 valence electrons. The Morgan fingerprint density at radius 3 is 2.55 bits per heavy atom. The highest BCUT2D eigenvalue weighted by molar-refractivity contribution is 5.89. The van der Waals surface area contributed by atoms with Gasteiger partial charge in [-0.05, 0) is 91.5 Å². The maximum atomic E-state index is 13.9. The summed E-state index contributed by atoms with van der Waals surface area (Å²) in [6.07, 6.45) is 3.12. The van der Waals surface area contributed by atoms with Crippen LogP contribution in [0.4, 0.5) is 4.39 Å². The largest absolute Gasteiger partial charge is 0.508 e. The van der Waals surface area contributed by atoms with Crippen LogP contribution in [0, 0.1) is 24.1 Å². The summed E-state index contributed by atoms with van der Waals surface area (Å²) in [5.41, 5.74) is 4.85. The second-order valence-electron chi connectivity index (χ2n) is 9.74. The van der Waals surface area contributed by atoms with E-state index in [1.807, 2.05) is 18.2 Å². The Morgan fingerprint density at radius 1 is 1.23 bits per heavy atom. The van der Waals surface area contributed by atoms with Crippen LogP contribution in [0.15, 0.2) is 36.4 Å². The van der Waals surface area contributed by atoms with Gasteiger partial charge in [0.25, 0.3) is 0 Å². The van der Waals surface area contributed by atoms with Crippen LogP contribution in [0.1, 0.15) is 62.8 Å². The molecule has 31 heavy (non-hydrogen) atoms. The number of aliphatic carboxylic acids is 1. The summed E-state index contributed by atoms with van der Waals surface area (Å²) in [4.78, 5) is 11.3. The van der Waals surface area contributed by atoms with Gasteiger partial charge in [-0.3, -0.25) is 4.79 Å². The minimum atomic E-state index is -0.700. The van der Waals surface area contributed by atoms with Crippen molar-refractivity contribution in [2.45, 2.75) is 59.3 Å². The maximum Gasteiger partial charge on any atom is 0.306 e. The highest BCUT2D eigenvalue weighted by Gasteiger charge is 2.43. The first-order valence-electron chi connectivity index (χ1n) is 10.9. The molecular formula is C26H30FNO3. The van der Waals surface area contributed by atoms with Gasteiger partial charge in [0.15, 0.2) is 0 Å². The summed E-state index contributed by atoms with van der Waals surface area (Å²) < 4.78 is 16.1. The topological polar surface area (TPSA) is 62.5 Å². The van der Waals surface area contributed by atoms with E-state index in [9.17, 15) is 19.4 Å². The highest BCUT2D eigenvalue weighted by Crippen LogP contribution is 2.49. The molecule has 1 aromatic heterocycles. The van der Waals surface area contributed by atoms with Crippen LogP contribution in [0.2, 0.25) is 0 Å². The first-order chi connectivity index (χ1) is 14.6. The van der Waals surface area contributed by atoms with Crippen LogP contribution in [0.3, 0.4) is 0 Å². The molecule has 0 aliphatic heterocycles. The molecule has 0 unspecified atom stereocenters. The number of nitrogens with zero attached hydrogens (tertiary/aromatic N) is 1. The molecule has 0 atom stereocenters. The van der Waals surface area contributed by atoms with E-state index < -0.39 is 5.97 Å². The first-order valence-corrected chi connectivity index (χ1v) is 10.9. The molecule has 1 fully saturated rings. The molecule has 1 aliphatic rings. The average Bonchev–Trinajstić information content (AvgIpc) is 3.00. The molecule has 0 saturated heterocycles. The van der Waals surface area contributed by atoms with E-state index in [4.69, 9.17) is 0 Å². The maximum absolute atomic E-state index is 13.9. The lowest BCUT2D eigenvalue weighted by atomic mass is 9.61. The van der Waals surface area contributed by atoms with E-state index in [0.717, 1.165) is 35.1 Å². The number of halogens is 1. The summed E-state index contributed by atoms with van der Waals surface area (Å²) in [5, 5.41) is 20.5. The monoisotopic (exact) mass is 423 g/mol. The third-order valence-electron chi connectivity index (χ3n) is 6.85. The van der Waals surface area contributed by atoms with Crippen molar-refractivity contribution >= 4 is 16.9 Å². The second-order valence-corrected chi connectivity index (χ2v) is 9.74. The number of carbonyl (C=O) groups is 1. The predicted octanol–water partition coefficient (Wildman–Crippen LogP) is 6.34. The molecule has 5 heteroatoms. The van der Waals surface area contributed by atoms with Gasteiger partial charge in [-0.15, -0.1) is 0 Å². The lowest BCUT2D eigenvalue weighted by molar-refractivity contribution is -0.149. The fraction of sp³-hybridized carbons (Fsp3) is 0.423. The van der Waals surface area contributed by atoms with E-state index in [0.29, 0.717) is 18.4 Å². The van der Waals surface area contributed by atoms with E-state index in [1.165, 1.54) is 11.6 Å². The minimum Gasteiger partial charge on any atom is -0.508 e. The number of aromatic hydroxyl groups is 1. The van der Waals surface area contributed by atoms with Crippen molar-refractivity contribution in [2.75, 3.05) is 0 Å². The number of hydrogen-bond acceptors (Lipinski definition) is 2. The number of aryl methyl sites for hydroxylation is 2. The molecule has 1 heterocycles. The van der Waals surface area contributed by atoms with Crippen molar-refractivity contribution in [1.82, 2.24) is 4.57 Å². The third kappa shape index (κ3) is 3.82. The van der Waals surface area contributed by atoms with Crippen LogP contribution < -0.4 is 0 Å². The van der Waals surface area contributed by atoms with E-state index in [1.54, 1.807) is 19.1 Å². The smallest absolute Gasteiger partial charge is 0.306 e. The fourth-order valence-corrected chi connectivity index (χ4v) is 5.21. The van der Waals surface area contributed by atoms with Gasteiger partial charge in [0.05, 0.1) is 11.4 Å². The zero-order valence-corrected chi connectivity index (χ0v) is 18.6. The molecule has 0 bridgehead atoms. The third-order valence-corrected chi connectivity index (χ3v) is 6.85. The lowest BCUT2D eigenvalue weighted by Gasteiger charge is -2.43. The molecular weight excluding hydrogens is 393 g/mol. The van der Waals surface area contributed by atoms with Crippen molar-refractivity contribution in [3.8, 4) is 11.4 Å². The van der Waals surface area contributed by atoms with Crippen LogP contribution in [0.25, 0.3) is 16.6 Å². The number of carboxylic acids is 1. The number of carboxylic acid groups (broad SMARTS) is 1. The Kier molecular flexibility index (Phi) is 5.32. The van der Waals surface area contributed by atoms with Crippen molar-refractivity contribution in [3.05, 3.63) is 59.0 Å². The highest BCUT2D eigenvalue weighted by atomic mass is 19.1. The van der Waals surface area contributed by atoms with Crippen molar-refractivity contribution in [3.63, 3.8) is 0 Å². The fourth-order valence-electron chi connectivity index (χ4n) is 5.21. The number of rotatable bonds is 6. The summed E-state index contributed by atoms with van der Waals surface area (Å²) in [6, 6.07) is 10.6. The number of aromatic nitrogens is 1. The summed E-state index contributed by atoms with van der Waals surface area (Å²) >= 11 is 0. The molecule has 3 aromatic rings. The van der Waals surface area contributed by atoms with Gasteiger partial charge < -0.3 is 14.8 Å². The Labute approximate surface area is 182 Å². The molecule has 1 aliphatic carbocycles. The average molecular weight is 424 g/mol. The number of fused-ring (bicyclic) bond motifs is 1. The van der Waals surface area contributed by atoms with Crippen LogP contribution in [-0.4, -0.2) is 20.7 Å². The van der Waals surface area contributed by atoms with Gasteiger partial charge in [0.2, 0.25) is 0 Å². The Bertz CT molecular complexity index is 1160. The second kappa shape index (κ2) is 7.70. The van der Waals surface area contributed by atoms with Crippen LogP contribution >= 0.6 is 0 Å². The number of phenolic OH excluding ortho intramolecular Hbond substituents is 1. The molecule has 2 N–H and O–H groups in total. The summed E-state index contributed by atoms with van der Waals surface area (Å²) in [7, 11) is 0. The molecule has 4 nitrogen and oxygen atoms in total. The summed E-state index contributed by atoms with van der Waals surface area (Å²) in [5.74, 6) is -0.723. The quantitative estimate of drug-likeness (QED) is 0.486. The van der Waals surface area contributed by atoms with Gasteiger partial charge in [0.1, 0.15) is 11.6 Å². The van der Waals surface area contributed by atoms with Gasteiger partial charge in [-0.2, -0.15) is 0 Å². The lowest BCUT2D eigenvalue weighted by Crippen LogP contribution is -2.39. The molecule has 2 aromatic carbocycles. The Hall–Kier alpha value is -2.82. The standard InChI is InChI=1S/C26H30FNO3/c1-15(2)24-20(9-10-26(4)13-17(14-26)25(30)31)21-12-19(29)6-8-23(21)28(24)18-5-7-22(27)16(3)11-18/h5-8,11-12,15,17,29H,9-10,13-14H2,1-4H3,(H,30,31). The Morgan fingerprint density at radius 2 is 1.94 bits per heavy atom. The minimum absolute atomic E-state index is 0.0228. The van der Waals surface area contributed by atoms with Crippen molar-refractivity contribution in [2.24, 2.45) is 11.3 Å². The van der Waals surface area contributed by atoms with Crippen molar-refractivity contribution < 1.29 is 19.4 Å². The van der Waals surface area contributed by atoms with Gasteiger partial charge in [-0.25, -0.2) is 4.39 Å². The normalized spacial score (nSPS) is 20.9. The summed E-state index contributed by atoms with van der Waals surface area (Å²) in [6.45, 7) is 8.23. The van der Waals surface area contributed by atoms with Crippen LogP contribution in [-0.2, 0) is 11.2 Å². The molecule has 0 spiro atoms. The van der Waals surface area contributed by atoms with Crippen LogP contribution in [0.5, 0.6) is 5.75 Å². The van der Waals surface area contributed by atoms with E-state index in [2.05, 4.69) is 25.3 Å². The zero-order valence-electron chi connectivity index (χ0n) is 18.6. The molecule has 1 saturated carbocycles. The van der Waals surface area contributed by atoms with Gasteiger partial charge >= 0.3 is 5.97 Å². The van der Waals surface area contributed by atoms with Gasteiger partial charge in [-0.1, -0.05) is 20.8 Å². The van der Waals surface area contributed by atoms with E-state index >= 15 is 0 Å². The molecule has 4 rings (SSSR count). The van der Waals surface area contributed by atoms with E-state index in [-0.39, 0.29) is 28.8 Å². The SMILES string of the molecule is Cc1cc(-n2c(C(C)C)c(CCC3(C)CC(C(=O)O)C3)c3cc(O)ccc32)ccc1F.